The van der Waals surface area contributed by atoms with Crippen molar-refractivity contribution in [3.63, 3.8) is 0 Å². The quantitative estimate of drug-likeness (QED) is 0.847. The molecule has 124 valence electrons. The number of nitrogens with one attached hydrogen (secondary N) is 2. The Morgan fingerprint density at radius 3 is 3.17 bits per heavy atom. The molecule has 3 rings (SSSR count). The SMILES string of the molecule is Cc1cnn(CCC(=O)NC[C@@H]2CCCO[C@H]2c2cn[nH]c2)c1. The minimum Gasteiger partial charge on any atom is -0.373 e. The molecule has 1 amide bonds. The first-order valence-corrected chi connectivity index (χ1v) is 8.08. The van der Waals surface area contributed by atoms with Crippen LogP contribution in [0, 0.1) is 12.8 Å². The second-order valence-corrected chi connectivity index (χ2v) is 6.06. The number of H-pyrrole nitrogens is 1. The summed E-state index contributed by atoms with van der Waals surface area (Å²) in [6, 6.07) is 0. The zero-order chi connectivity index (χ0) is 16.1. The number of aryl methyl sites for hydroxylation is 2. The highest BCUT2D eigenvalue weighted by Crippen LogP contribution is 2.32. The maximum Gasteiger partial charge on any atom is 0.221 e. The van der Waals surface area contributed by atoms with Crippen molar-refractivity contribution >= 4 is 5.91 Å². The van der Waals surface area contributed by atoms with E-state index >= 15 is 0 Å². The molecule has 23 heavy (non-hydrogen) atoms. The molecular formula is C16H23N5O2. The molecule has 2 aromatic heterocycles. The third kappa shape index (κ3) is 4.19. The lowest BCUT2D eigenvalue weighted by Gasteiger charge is -2.31. The molecule has 0 saturated carbocycles. The van der Waals surface area contributed by atoms with Crippen LogP contribution in [0.1, 0.15) is 36.5 Å². The molecule has 1 aliphatic heterocycles. The van der Waals surface area contributed by atoms with E-state index in [0.717, 1.165) is 30.6 Å². The number of amides is 1. The summed E-state index contributed by atoms with van der Waals surface area (Å²) in [4.78, 5) is 12.0. The van der Waals surface area contributed by atoms with Crippen LogP contribution in [0.15, 0.2) is 24.8 Å². The van der Waals surface area contributed by atoms with E-state index in [0.29, 0.717) is 19.5 Å². The van der Waals surface area contributed by atoms with Crippen LogP contribution in [-0.4, -0.2) is 39.0 Å². The highest BCUT2D eigenvalue weighted by molar-refractivity contribution is 5.75. The number of carbonyl (C=O) groups excluding carboxylic acids is 1. The van der Waals surface area contributed by atoms with Gasteiger partial charge in [-0.25, -0.2) is 0 Å². The number of ether oxygens (including phenoxy) is 1. The Labute approximate surface area is 135 Å². The molecule has 0 aliphatic carbocycles. The van der Waals surface area contributed by atoms with E-state index in [1.165, 1.54) is 0 Å². The number of nitrogens with zero attached hydrogens (tertiary/aromatic N) is 3. The van der Waals surface area contributed by atoms with Crippen molar-refractivity contribution in [1.29, 1.82) is 0 Å². The third-order valence-corrected chi connectivity index (χ3v) is 4.18. The Bertz CT molecular complexity index is 622. The van der Waals surface area contributed by atoms with Gasteiger partial charge in [0.25, 0.3) is 0 Å². The average Bonchev–Trinajstić information content (AvgIpc) is 3.23. The summed E-state index contributed by atoms with van der Waals surface area (Å²) in [5.41, 5.74) is 2.16. The zero-order valence-electron chi connectivity index (χ0n) is 13.4. The van der Waals surface area contributed by atoms with Crippen LogP contribution in [-0.2, 0) is 16.1 Å². The largest absolute Gasteiger partial charge is 0.373 e. The van der Waals surface area contributed by atoms with Gasteiger partial charge in [0.15, 0.2) is 0 Å². The van der Waals surface area contributed by atoms with Crippen LogP contribution >= 0.6 is 0 Å². The van der Waals surface area contributed by atoms with E-state index in [9.17, 15) is 4.79 Å². The fourth-order valence-corrected chi connectivity index (χ4v) is 2.98. The molecule has 1 fully saturated rings. The molecule has 7 heteroatoms. The van der Waals surface area contributed by atoms with E-state index in [-0.39, 0.29) is 17.9 Å². The molecule has 0 aromatic carbocycles. The van der Waals surface area contributed by atoms with Crippen LogP contribution in [0.3, 0.4) is 0 Å². The fraction of sp³-hybridized carbons (Fsp3) is 0.562. The van der Waals surface area contributed by atoms with Crippen molar-refractivity contribution in [2.75, 3.05) is 13.2 Å². The van der Waals surface area contributed by atoms with Gasteiger partial charge < -0.3 is 10.1 Å². The minimum atomic E-state index is 0.0107. The summed E-state index contributed by atoms with van der Waals surface area (Å²) >= 11 is 0. The number of hydrogen-bond donors (Lipinski definition) is 2. The van der Waals surface area contributed by atoms with Crippen molar-refractivity contribution in [1.82, 2.24) is 25.3 Å². The van der Waals surface area contributed by atoms with E-state index in [4.69, 9.17) is 4.74 Å². The number of aromatic nitrogens is 4. The van der Waals surface area contributed by atoms with Gasteiger partial charge in [-0.3, -0.25) is 14.6 Å². The number of hydrogen-bond acceptors (Lipinski definition) is 4. The molecule has 3 heterocycles. The van der Waals surface area contributed by atoms with Crippen molar-refractivity contribution in [2.24, 2.45) is 5.92 Å². The van der Waals surface area contributed by atoms with Gasteiger partial charge in [0.1, 0.15) is 0 Å². The Kier molecular flexibility index (Phi) is 5.07. The van der Waals surface area contributed by atoms with Crippen molar-refractivity contribution < 1.29 is 9.53 Å². The van der Waals surface area contributed by atoms with Crippen molar-refractivity contribution in [3.05, 3.63) is 35.9 Å². The molecule has 7 nitrogen and oxygen atoms in total. The lowest BCUT2D eigenvalue weighted by Crippen LogP contribution is -2.35. The Morgan fingerprint density at radius 1 is 1.52 bits per heavy atom. The Hall–Kier alpha value is -2.15. The second kappa shape index (κ2) is 7.41. The lowest BCUT2D eigenvalue weighted by molar-refractivity contribution is -0.122. The lowest BCUT2D eigenvalue weighted by atomic mass is 9.91. The standard InChI is InChI=1S/C16H23N5O2/c1-12-7-20-21(11-12)5-4-15(22)17-8-13-3-2-6-23-16(13)14-9-18-19-10-14/h7,9-11,13,16H,2-6,8H2,1H3,(H,17,22)(H,18,19)/t13-,16+/m0/s1. The molecule has 2 N–H and O–H groups in total. The van der Waals surface area contributed by atoms with Gasteiger partial charge in [-0.15, -0.1) is 0 Å². The molecule has 2 aromatic rings. The predicted octanol–water partition coefficient (Wildman–Crippen LogP) is 1.59. The first kappa shape index (κ1) is 15.7. The number of rotatable bonds is 6. The van der Waals surface area contributed by atoms with Gasteiger partial charge in [0, 0.05) is 50.0 Å². The number of aromatic amines is 1. The molecule has 1 saturated heterocycles. The molecular weight excluding hydrogens is 294 g/mol. The summed E-state index contributed by atoms with van der Waals surface area (Å²) < 4.78 is 7.67. The van der Waals surface area contributed by atoms with E-state index in [1.54, 1.807) is 17.1 Å². The summed E-state index contributed by atoms with van der Waals surface area (Å²) in [6.07, 6.45) is 9.93. The highest BCUT2D eigenvalue weighted by atomic mass is 16.5. The maximum absolute atomic E-state index is 12.0. The second-order valence-electron chi connectivity index (χ2n) is 6.06. The van der Waals surface area contributed by atoms with Crippen LogP contribution in [0.2, 0.25) is 0 Å². The van der Waals surface area contributed by atoms with E-state index < -0.39 is 0 Å². The van der Waals surface area contributed by atoms with Gasteiger partial charge in [-0.05, 0) is 25.3 Å². The van der Waals surface area contributed by atoms with Gasteiger partial charge in [-0.2, -0.15) is 10.2 Å². The van der Waals surface area contributed by atoms with Gasteiger partial charge in [0.2, 0.25) is 5.91 Å². The van der Waals surface area contributed by atoms with Crippen LogP contribution in [0.5, 0.6) is 0 Å². The average molecular weight is 317 g/mol. The Balaban J connectivity index is 1.47. The summed E-state index contributed by atoms with van der Waals surface area (Å²) in [5.74, 6) is 0.340. The molecule has 0 spiro atoms. The Morgan fingerprint density at radius 2 is 2.43 bits per heavy atom. The zero-order valence-corrected chi connectivity index (χ0v) is 13.4. The summed E-state index contributed by atoms with van der Waals surface area (Å²) in [7, 11) is 0. The first-order valence-electron chi connectivity index (χ1n) is 8.08. The van der Waals surface area contributed by atoms with Crippen LogP contribution < -0.4 is 5.32 Å². The smallest absolute Gasteiger partial charge is 0.221 e. The molecule has 0 unspecified atom stereocenters. The van der Waals surface area contributed by atoms with E-state index in [2.05, 4.69) is 20.6 Å². The first-order chi connectivity index (χ1) is 11.2. The monoisotopic (exact) mass is 317 g/mol. The molecule has 2 atom stereocenters. The topological polar surface area (TPSA) is 84.8 Å². The summed E-state index contributed by atoms with van der Waals surface area (Å²) in [6.45, 7) is 3.99. The minimum absolute atomic E-state index is 0.0107. The number of carbonyl (C=O) groups is 1. The van der Waals surface area contributed by atoms with E-state index in [1.807, 2.05) is 19.3 Å². The molecule has 0 bridgehead atoms. The normalized spacial score (nSPS) is 21.3. The van der Waals surface area contributed by atoms with Gasteiger partial charge in [0.05, 0.1) is 18.5 Å². The third-order valence-electron chi connectivity index (χ3n) is 4.18. The van der Waals surface area contributed by atoms with Crippen molar-refractivity contribution in [2.45, 2.75) is 38.8 Å². The fourth-order valence-electron chi connectivity index (χ4n) is 2.98. The van der Waals surface area contributed by atoms with Gasteiger partial charge in [-0.1, -0.05) is 0 Å². The molecule has 1 aliphatic rings. The predicted molar refractivity (Wildman–Crippen MR) is 84.6 cm³/mol. The van der Waals surface area contributed by atoms with Gasteiger partial charge >= 0.3 is 0 Å². The maximum atomic E-state index is 12.0. The molecule has 0 radical (unpaired) electrons. The van der Waals surface area contributed by atoms with Crippen LogP contribution in [0.4, 0.5) is 0 Å². The summed E-state index contributed by atoms with van der Waals surface area (Å²) in [5, 5.41) is 14.0. The highest BCUT2D eigenvalue weighted by Gasteiger charge is 2.28. The van der Waals surface area contributed by atoms with Crippen molar-refractivity contribution in [3.8, 4) is 0 Å². The van der Waals surface area contributed by atoms with Crippen LogP contribution in [0.25, 0.3) is 0 Å².